The van der Waals surface area contributed by atoms with E-state index in [2.05, 4.69) is 23.9 Å². The van der Waals surface area contributed by atoms with Crippen molar-refractivity contribution in [1.82, 2.24) is 5.32 Å². The van der Waals surface area contributed by atoms with Crippen molar-refractivity contribution in [2.24, 2.45) is 0 Å². The van der Waals surface area contributed by atoms with E-state index in [-0.39, 0.29) is 11.7 Å². The Morgan fingerprint density at radius 3 is 2.35 bits per heavy atom. The molecule has 2 nitrogen and oxygen atoms in total. The van der Waals surface area contributed by atoms with Gasteiger partial charge < -0.3 is 10.1 Å². The molecule has 0 spiro atoms. The van der Waals surface area contributed by atoms with E-state index in [1.54, 1.807) is 0 Å². The molecule has 1 rings (SSSR count). The summed E-state index contributed by atoms with van der Waals surface area (Å²) in [7, 11) is 0. The summed E-state index contributed by atoms with van der Waals surface area (Å²) in [6.07, 6.45) is -0.788. The van der Waals surface area contributed by atoms with Crippen LogP contribution in [0.1, 0.15) is 64.0 Å². The highest BCUT2D eigenvalue weighted by Gasteiger charge is 2.31. The molecule has 0 saturated heterocycles. The lowest BCUT2D eigenvalue weighted by atomic mass is 9.97. The number of ether oxygens (including phenoxy) is 1. The maximum absolute atomic E-state index is 12.4. The minimum atomic E-state index is -4.64. The first-order valence-electron chi connectivity index (χ1n) is 8.34. The van der Waals surface area contributed by atoms with Crippen LogP contribution in [0.3, 0.4) is 0 Å². The van der Waals surface area contributed by atoms with Gasteiger partial charge in [-0.05, 0) is 61.9 Å². The predicted molar refractivity (Wildman–Crippen MR) is 87.9 cm³/mol. The summed E-state index contributed by atoms with van der Waals surface area (Å²) in [5, 5.41) is 3.36. The van der Waals surface area contributed by atoms with Crippen molar-refractivity contribution < 1.29 is 17.9 Å². The molecule has 0 aliphatic heterocycles. The van der Waals surface area contributed by atoms with E-state index in [1.807, 2.05) is 19.9 Å². The molecule has 1 aromatic carbocycles. The SMILES string of the molecule is CCNC(C)CCCCc1cc(OC(F)(F)F)cc(C(C)C)c1. The van der Waals surface area contributed by atoms with Crippen molar-refractivity contribution in [1.29, 1.82) is 0 Å². The van der Waals surface area contributed by atoms with Gasteiger partial charge in [0.15, 0.2) is 0 Å². The molecule has 0 aromatic heterocycles. The second kappa shape index (κ2) is 9.16. The number of hydrogen-bond acceptors (Lipinski definition) is 2. The van der Waals surface area contributed by atoms with Crippen molar-refractivity contribution in [3.63, 3.8) is 0 Å². The fourth-order valence-electron chi connectivity index (χ4n) is 2.59. The number of unbranched alkanes of at least 4 members (excludes halogenated alkanes) is 1. The molecule has 1 atom stereocenters. The van der Waals surface area contributed by atoms with Gasteiger partial charge in [-0.15, -0.1) is 13.2 Å². The first-order chi connectivity index (χ1) is 10.7. The van der Waals surface area contributed by atoms with Gasteiger partial charge >= 0.3 is 6.36 Å². The Kier molecular flexibility index (Phi) is 7.89. The van der Waals surface area contributed by atoms with Gasteiger partial charge in [0.2, 0.25) is 0 Å². The van der Waals surface area contributed by atoms with Gasteiger partial charge in [0.25, 0.3) is 0 Å². The molecule has 23 heavy (non-hydrogen) atoms. The van der Waals surface area contributed by atoms with Gasteiger partial charge in [0.05, 0.1) is 0 Å². The average Bonchev–Trinajstić information content (AvgIpc) is 2.41. The molecular formula is C18H28F3NO. The summed E-state index contributed by atoms with van der Waals surface area (Å²) >= 11 is 0. The van der Waals surface area contributed by atoms with Crippen molar-refractivity contribution in [3.05, 3.63) is 29.3 Å². The Balaban J connectivity index is 2.66. The number of halogens is 3. The third-order valence-corrected chi connectivity index (χ3v) is 3.79. The number of nitrogens with one attached hydrogen (secondary N) is 1. The van der Waals surface area contributed by atoms with Gasteiger partial charge in [-0.2, -0.15) is 0 Å². The van der Waals surface area contributed by atoms with Crippen molar-refractivity contribution in [2.75, 3.05) is 6.54 Å². The average molecular weight is 331 g/mol. The van der Waals surface area contributed by atoms with Gasteiger partial charge in [-0.25, -0.2) is 0 Å². The maximum atomic E-state index is 12.4. The lowest BCUT2D eigenvalue weighted by Gasteiger charge is -2.15. The number of hydrogen-bond donors (Lipinski definition) is 1. The van der Waals surface area contributed by atoms with Crippen LogP contribution in [0.4, 0.5) is 13.2 Å². The van der Waals surface area contributed by atoms with E-state index in [0.29, 0.717) is 6.04 Å². The summed E-state index contributed by atoms with van der Waals surface area (Å²) in [4.78, 5) is 0. The molecule has 0 saturated carbocycles. The van der Waals surface area contributed by atoms with E-state index < -0.39 is 6.36 Å². The minimum Gasteiger partial charge on any atom is -0.406 e. The molecule has 0 fully saturated rings. The van der Waals surface area contributed by atoms with Crippen molar-refractivity contribution in [2.45, 2.75) is 71.7 Å². The molecule has 1 aromatic rings. The van der Waals surface area contributed by atoms with Crippen molar-refractivity contribution in [3.8, 4) is 5.75 Å². The lowest BCUT2D eigenvalue weighted by Crippen LogP contribution is -2.25. The third kappa shape index (κ3) is 8.26. The number of rotatable bonds is 9. The molecule has 0 radical (unpaired) electrons. The summed E-state index contributed by atoms with van der Waals surface area (Å²) in [6, 6.07) is 5.45. The Hall–Kier alpha value is -1.23. The molecule has 0 amide bonds. The van der Waals surface area contributed by atoms with Crippen LogP contribution in [0.5, 0.6) is 5.75 Å². The number of benzene rings is 1. The maximum Gasteiger partial charge on any atom is 0.573 e. The Morgan fingerprint density at radius 1 is 1.09 bits per heavy atom. The second-order valence-electron chi connectivity index (χ2n) is 6.32. The van der Waals surface area contributed by atoms with Crippen LogP contribution in [0.25, 0.3) is 0 Å². The summed E-state index contributed by atoms with van der Waals surface area (Å²) in [6.45, 7) is 9.12. The molecule has 1 N–H and O–H groups in total. The predicted octanol–water partition coefficient (Wildman–Crippen LogP) is 5.42. The zero-order chi connectivity index (χ0) is 17.5. The standard InChI is InChI=1S/C18H28F3NO/c1-5-22-14(4)8-6-7-9-15-10-16(13(2)3)12-17(11-15)23-18(19,20)21/h10-14,22H,5-9H2,1-4H3. The van der Waals surface area contributed by atoms with Crippen LogP contribution in [-0.4, -0.2) is 18.9 Å². The fraction of sp³-hybridized carbons (Fsp3) is 0.667. The summed E-state index contributed by atoms with van der Waals surface area (Å²) < 4.78 is 41.4. The van der Waals surface area contributed by atoms with E-state index >= 15 is 0 Å². The van der Waals surface area contributed by atoms with E-state index in [4.69, 9.17) is 0 Å². The van der Waals surface area contributed by atoms with E-state index in [9.17, 15) is 13.2 Å². The minimum absolute atomic E-state index is 0.111. The summed E-state index contributed by atoms with van der Waals surface area (Å²) in [5.41, 5.74) is 1.79. The molecule has 0 heterocycles. The van der Waals surface area contributed by atoms with Crippen LogP contribution >= 0.6 is 0 Å². The molecule has 132 valence electrons. The van der Waals surface area contributed by atoms with Gasteiger partial charge in [-0.1, -0.05) is 33.3 Å². The number of aryl methyl sites for hydroxylation is 1. The second-order valence-corrected chi connectivity index (χ2v) is 6.32. The molecule has 0 aliphatic rings. The Labute approximate surface area is 137 Å². The lowest BCUT2D eigenvalue weighted by molar-refractivity contribution is -0.274. The van der Waals surface area contributed by atoms with Crippen LogP contribution in [-0.2, 0) is 6.42 Å². The first kappa shape index (κ1) is 19.8. The third-order valence-electron chi connectivity index (χ3n) is 3.79. The molecular weight excluding hydrogens is 303 g/mol. The van der Waals surface area contributed by atoms with Gasteiger partial charge in [0.1, 0.15) is 5.75 Å². The van der Waals surface area contributed by atoms with E-state index in [1.165, 1.54) is 12.1 Å². The zero-order valence-electron chi connectivity index (χ0n) is 14.5. The van der Waals surface area contributed by atoms with Crippen LogP contribution < -0.4 is 10.1 Å². The highest BCUT2D eigenvalue weighted by Crippen LogP contribution is 2.28. The number of alkyl halides is 3. The van der Waals surface area contributed by atoms with Crippen LogP contribution in [0.15, 0.2) is 18.2 Å². The van der Waals surface area contributed by atoms with Gasteiger partial charge in [-0.3, -0.25) is 0 Å². The zero-order valence-corrected chi connectivity index (χ0v) is 14.5. The molecule has 0 aliphatic carbocycles. The van der Waals surface area contributed by atoms with Crippen molar-refractivity contribution >= 4 is 0 Å². The van der Waals surface area contributed by atoms with Crippen LogP contribution in [0.2, 0.25) is 0 Å². The Morgan fingerprint density at radius 2 is 1.78 bits per heavy atom. The normalized spacial score (nSPS) is 13.4. The van der Waals surface area contributed by atoms with Crippen LogP contribution in [0, 0.1) is 0 Å². The highest BCUT2D eigenvalue weighted by atomic mass is 19.4. The monoisotopic (exact) mass is 331 g/mol. The first-order valence-corrected chi connectivity index (χ1v) is 8.34. The Bertz CT molecular complexity index is 472. The quantitative estimate of drug-likeness (QED) is 0.610. The topological polar surface area (TPSA) is 21.3 Å². The molecule has 1 unspecified atom stereocenters. The largest absolute Gasteiger partial charge is 0.573 e. The molecule has 5 heteroatoms. The smallest absolute Gasteiger partial charge is 0.406 e. The fourth-order valence-corrected chi connectivity index (χ4v) is 2.59. The highest BCUT2D eigenvalue weighted by molar-refractivity contribution is 5.36. The molecule has 0 bridgehead atoms. The van der Waals surface area contributed by atoms with Gasteiger partial charge in [0, 0.05) is 6.04 Å². The summed E-state index contributed by atoms with van der Waals surface area (Å²) in [5.74, 6) is 0.0547. The van der Waals surface area contributed by atoms with E-state index in [0.717, 1.165) is 43.4 Å².